The first-order valence-electron chi connectivity index (χ1n) is 7.18. The van der Waals surface area contributed by atoms with Gasteiger partial charge >= 0.3 is 5.97 Å². The third-order valence-electron chi connectivity index (χ3n) is 4.30. The molecule has 6 atom stereocenters. The van der Waals surface area contributed by atoms with Gasteiger partial charge < -0.3 is 9.47 Å². The van der Waals surface area contributed by atoms with Crippen molar-refractivity contribution in [1.29, 1.82) is 0 Å². The lowest BCUT2D eigenvalue weighted by molar-refractivity contribution is -0.191. The monoisotopic (exact) mass is 310 g/mol. The maximum absolute atomic E-state index is 11.0. The van der Waals surface area contributed by atoms with E-state index in [1.54, 1.807) is 6.92 Å². The van der Waals surface area contributed by atoms with Crippen LogP contribution < -0.4 is 0 Å². The van der Waals surface area contributed by atoms with E-state index in [2.05, 4.69) is 20.1 Å². The molecule has 0 aromatic carbocycles. The van der Waals surface area contributed by atoms with E-state index in [0.717, 1.165) is 0 Å². The average Bonchev–Trinajstić information content (AvgIpc) is 2.45. The lowest BCUT2D eigenvalue weighted by atomic mass is 9.75. The second kappa shape index (κ2) is 7.35. The number of carbonyl (C=O) groups excluding carboxylic acids is 1. The van der Waals surface area contributed by atoms with Gasteiger partial charge in [0.1, 0.15) is 0 Å². The van der Waals surface area contributed by atoms with Crippen molar-refractivity contribution >= 4 is 5.97 Å². The normalized spacial score (nSPS) is 35.7. The molecule has 22 heavy (non-hydrogen) atoms. The summed E-state index contributed by atoms with van der Waals surface area (Å²) in [5.41, 5.74) is 16.3. The highest BCUT2D eigenvalue weighted by Gasteiger charge is 2.49. The van der Waals surface area contributed by atoms with Gasteiger partial charge in [0.05, 0.1) is 18.8 Å². The van der Waals surface area contributed by atoms with Crippen molar-refractivity contribution in [3.8, 4) is 0 Å². The largest absolute Gasteiger partial charge is 0.465 e. The Kier molecular flexibility index (Phi) is 6.05. The molecule has 0 radical (unpaired) electrons. The van der Waals surface area contributed by atoms with E-state index < -0.39 is 11.8 Å². The Morgan fingerprint density at radius 2 is 2.00 bits per heavy atom. The first-order chi connectivity index (χ1) is 10.3. The molecule has 1 aliphatic rings. The quantitative estimate of drug-likeness (QED) is 0.332. The Morgan fingerprint density at radius 1 is 1.36 bits per heavy atom. The van der Waals surface area contributed by atoms with E-state index in [0.29, 0.717) is 0 Å². The molecule has 1 rings (SSSR count). The second-order valence-electron chi connectivity index (χ2n) is 5.97. The number of hydrogen-bond donors (Lipinski definition) is 0. The zero-order valence-corrected chi connectivity index (χ0v) is 13.5. The molecule has 0 spiro atoms. The first-order valence-corrected chi connectivity index (χ1v) is 7.18. The van der Waals surface area contributed by atoms with Crippen LogP contribution in [0.1, 0.15) is 34.6 Å². The van der Waals surface area contributed by atoms with Crippen molar-refractivity contribution in [2.45, 2.75) is 52.5 Å². The molecule has 1 fully saturated rings. The first kappa shape index (κ1) is 18.1. The predicted octanol–water partition coefficient (Wildman–Crippen LogP) is 3.56. The minimum Gasteiger partial charge on any atom is -0.465 e. The Hall–Kier alpha value is -1.95. The summed E-state index contributed by atoms with van der Waals surface area (Å²) in [5, 5.41) is 7.47. The van der Waals surface area contributed by atoms with Crippen LogP contribution in [0.15, 0.2) is 10.2 Å². The Morgan fingerprint density at radius 3 is 2.50 bits per heavy atom. The van der Waals surface area contributed by atoms with Crippen molar-refractivity contribution in [1.82, 2.24) is 0 Å². The van der Waals surface area contributed by atoms with Crippen LogP contribution >= 0.6 is 0 Å². The molecular formula is C13H22N6O3. The lowest BCUT2D eigenvalue weighted by Crippen LogP contribution is -2.56. The number of ether oxygens (including phenoxy) is 2. The van der Waals surface area contributed by atoms with Gasteiger partial charge in [-0.05, 0) is 29.8 Å². The summed E-state index contributed by atoms with van der Waals surface area (Å²) in [5.74, 6) is -0.442. The molecular weight excluding hydrogens is 288 g/mol. The molecule has 0 amide bonds. The van der Waals surface area contributed by atoms with Gasteiger partial charge in [-0.3, -0.25) is 4.79 Å². The highest BCUT2D eigenvalue weighted by atomic mass is 16.5. The molecule has 0 aromatic rings. The minimum absolute atomic E-state index is 0.0445. The smallest absolute Gasteiger partial charge is 0.302 e. The zero-order valence-electron chi connectivity index (χ0n) is 13.5. The molecule has 0 aromatic heterocycles. The van der Waals surface area contributed by atoms with Crippen molar-refractivity contribution < 1.29 is 14.3 Å². The third-order valence-corrected chi connectivity index (χ3v) is 4.30. The molecule has 122 valence electrons. The van der Waals surface area contributed by atoms with Crippen LogP contribution in [0.5, 0.6) is 0 Å². The van der Waals surface area contributed by atoms with Gasteiger partial charge in [-0.1, -0.05) is 31.0 Å². The molecule has 9 nitrogen and oxygen atoms in total. The topological polar surface area (TPSA) is 133 Å². The summed E-state index contributed by atoms with van der Waals surface area (Å²) in [4.78, 5) is 16.6. The maximum atomic E-state index is 11.0. The van der Waals surface area contributed by atoms with Crippen LogP contribution in [0.2, 0.25) is 0 Å². The van der Waals surface area contributed by atoms with Crippen LogP contribution in [0, 0.1) is 17.8 Å². The van der Waals surface area contributed by atoms with E-state index in [9.17, 15) is 4.79 Å². The van der Waals surface area contributed by atoms with Crippen molar-refractivity contribution in [2.24, 2.45) is 28.0 Å². The standard InChI is InChI=1S/C13H22N6O3/c1-7(6-21-10(4)20)11-8(2)9(3)12(16-18-14)13(5,22-11)17-19-15/h7-9,11-12H,6H2,1-5H3/t7-,8-,9+,11?,12?,13+/m1/s1. The molecule has 1 heterocycles. The predicted molar refractivity (Wildman–Crippen MR) is 79.5 cm³/mol. The Labute approximate surface area is 129 Å². The highest BCUT2D eigenvalue weighted by Crippen LogP contribution is 2.42. The molecule has 2 unspecified atom stereocenters. The number of esters is 1. The summed E-state index contributed by atoms with van der Waals surface area (Å²) in [6.07, 6.45) is -0.282. The fourth-order valence-corrected chi connectivity index (χ4v) is 2.94. The summed E-state index contributed by atoms with van der Waals surface area (Å²) in [6, 6.07) is -0.597. The van der Waals surface area contributed by atoms with Gasteiger partial charge in [-0.2, -0.15) is 0 Å². The van der Waals surface area contributed by atoms with Crippen LogP contribution in [-0.4, -0.2) is 30.4 Å². The fraction of sp³-hybridized carbons (Fsp3) is 0.923. The number of hydrogen-bond acceptors (Lipinski definition) is 5. The van der Waals surface area contributed by atoms with Gasteiger partial charge in [0.15, 0.2) is 5.72 Å². The Bertz CT molecular complexity index is 514. The summed E-state index contributed by atoms with van der Waals surface area (Å²) >= 11 is 0. The minimum atomic E-state index is -1.26. The van der Waals surface area contributed by atoms with Crippen LogP contribution in [0.25, 0.3) is 20.9 Å². The van der Waals surface area contributed by atoms with Crippen molar-refractivity contribution in [3.05, 3.63) is 20.9 Å². The van der Waals surface area contributed by atoms with Crippen molar-refractivity contribution in [3.63, 3.8) is 0 Å². The summed E-state index contributed by atoms with van der Waals surface area (Å²) in [7, 11) is 0. The van der Waals surface area contributed by atoms with E-state index in [4.69, 9.17) is 20.5 Å². The van der Waals surface area contributed by atoms with Gasteiger partial charge in [0.25, 0.3) is 0 Å². The van der Waals surface area contributed by atoms with Crippen molar-refractivity contribution in [2.75, 3.05) is 6.61 Å². The molecule has 0 N–H and O–H groups in total. The third kappa shape index (κ3) is 3.82. The van der Waals surface area contributed by atoms with E-state index >= 15 is 0 Å². The number of azide groups is 2. The van der Waals surface area contributed by atoms with Crippen LogP contribution in [-0.2, 0) is 14.3 Å². The maximum Gasteiger partial charge on any atom is 0.302 e. The number of nitrogens with zero attached hydrogens (tertiary/aromatic N) is 6. The SMILES string of the molecule is CC(=O)OC[C@@H](C)C1O[C@](C)(N=[N+]=[N-])C(N=[N+]=[N-])[C@@H](C)[C@H]1C. The van der Waals surface area contributed by atoms with Gasteiger partial charge in [0.2, 0.25) is 0 Å². The summed E-state index contributed by atoms with van der Waals surface area (Å²) in [6.45, 7) is 9.00. The van der Waals surface area contributed by atoms with Gasteiger partial charge in [-0.15, -0.1) is 0 Å². The fourth-order valence-electron chi connectivity index (χ4n) is 2.94. The van der Waals surface area contributed by atoms with Crippen LogP contribution in [0.3, 0.4) is 0 Å². The lowest BCUT2D eigenvalue weighted by Gasteiger charge is -2.49. The number of carbonyl (C=O) groups is 1. The van der Waals surface area contributed by atoms with E-state index in [-0.39, 0.29) is 36.4 Å². The van der Waals surface area contributed by atoms with Crippen LogP contribution in [0.4, 0.5) is 0 Å². The second-order valence-corrected chi connectivity index (χ2v) is 5.97. The summed E-state index contributed by atoms with van der Waals surface area (Å²) < 4.78 is 11.0. The van der Waals surface area contributed by atoms with E-state index in [1.807, 2.05) is 20.8 Å². The zero-order chi connectivity index (χ0) is 16.9. The van der Waals surface area contributed by atoms with E-state index in [1.165, 1.54) is 6.92 Å². The van der Waals surface area contributed by atoms with Gasteiger partial charge in [-0.25, -0.2) is 0 Å². The molecule has 9 heteroatoms. The van der Waals surface area contributed by atoms with Gasteiger partial charge in [0, 0.05) is 22.7 Å². The molecule has 0 saturated carbocycles. The Balaban J connectivity index is 3.06. The molecule has 0 bridgehead atoms. The average molecular weight is 310 g/mol. The number of rotatable bonds is 5. The molecule has 0 aliphatic carbocycles. The highest BCUT2D eigenvalue weighted by molar-refractivity contribution is 5.65. The molecule has 1 aliphatic heterocycles. The molecule has 1 saturated heterocycles.